The molecule has 0 bridgehead atoms. The van der Waals surface area contributed by atoms with E-state index in [4.69, 9.17) is 10.8 Å². The number of hydrogen-bond acceptors (Lipinski definition) is 8. The Morgan fingerprint density at radius 3 is 2.35 bits per heavy atom. The third-order valence-corrected chi connectivity index (χ3v) is 6.63. The van der Waals surface area contributed by atoms with Gasteiger partial charge >= 0.3 is 12.1 Å². The molecule has 0 aromatic heterocycles. The summed E-state index contributed by atoms with van der Waals surface area (Å²) in [4.78, 5) is 33.9. The van der Waals surface area contributed by atoms with Crippen LogP contribution in [0.15, 0.2) is 29.2 Å². The van der Waals surface area contributed by atoms with Crippen LogP contribution in [-0.4, -0.2) is 76.5 Å². The summed E-state index contributed by atoms with van der Waals surface area (Å²) >= 11 is 0. The maximum Gasteiger partial charge on any atom is 0.416 e. The van der Waals surface area contributed by atoms with Crippen molar-refractivity contribution in [2.75, 3.05) is 0 Å². The van der Waals surface area contributed by atoms with Crippen LogP contribution < -0.4 is 15.8 Å². The zero-order valence-corrected chi connectivity index (χ0v) is 18.0. The van der Waals surface area contributed by atoms with Crippen molar-refractivity contribution in [2.24, 2.45) is 5.73 Å². The number of alkyl halides is 3. The van der Waals surface area contributed by atoms with Gasteiger partial charge in [-0.2, -0.15) is 13.2 Å². The molecule has 1 fully saturated rings. The van der Waals surface area contributed by atoms with Gasteiger partial charge in [0.2, 0.25) is 15.9 Å². The van der Waals surface area contributed by atoms with Crippen molar-refractivity contribution in [1.82, 2.24) is 10.0 Å². The number of amides is 2. The number of aliphatic hydroxyl groups is 3. The van der Waals surface area contributed by atoms with Gasteiger partial charge in [-0.05, 0) is 18.2 Å². The minimum Gasteiger partial charge on any atom is -0.481 e. The molecule has 16 heteroatoms. The number of carboxylic acid groups (broad SMARTS) is 1. The minimum atomic E-state index is -4.85. The molecule has 190 valence electrons. The molecule has 0 heterocycles. The van der Waals surface area contributed by atoms with Crippen LogP contribution in [0.1, 0.15) is 24.8 Å². The molecule has 0 radical (unpaired) electrons. The summed E-state index contributed by atoms with van der Waals surface area (Å²) < 4.78 is 65.9. The lowest BCUT2D eigenvalue weighted by molar-refractivity contribution is -0.159. The van der Waals surface area contributed by atoms with E-state index < -0.39 is 93.6 Å². The van der Waals surface area contributed by atoms with Crippen molar-refractivity contribution < 1.29 is 56.4 Å². The van der Waals surface area contributed by atoms with E-state index in [0.717, 1.165) is 12.1 Å². The number of carbonyl (C=O) groups excluding carboxylic acids is 2. The first-order valence-corrected chi connectivity index (χ1v) is 11.0. The highest BCUT2D eigenvalue weighted by Crippen LogP contribution is 2.32. The molecule has 1 aromatic carbocycles. The number of carboxylic acids is 1. The first-order valence-electron chi connectivity index (χ1n) is 9.56. The molecule has 1 saturated carbocycles. The van der Waals surface area contributed by atoms with Crippen LogP contribution in [0.4, 0.5) is 13.2 Å². The molecule has 0 spiro atoms. The number of sulfonamides is 1. The molecule has 0 saturated heterocycles. The summed E-state index contributed by atoms with van der Waals surface area (Å²) in [6.45, 7) is 0. The van der Waals surface area contributed by atoms with Crippen LogP contribution in [0.3, 0.4) is 0 Å². The van der Waals surface area contributed by atoms with E-state index in [1.54, 1.807) is 0 Å². The van der Waals surface area contributed by atoms with E-state index in [1.807, 2.05) is 10.0 Å². The molecule has 0 aliphatic heterocycles. The summed E-state index contributed by atoms with van der Waals surface area (Å²) in [7, 11) is -4.74. The monoisotopic (exact) mass is 513 g/mol. The fourth-order valence-electron chi connectivity index (χ4n) is 3.40. The number of aliphatic hydroxyl groups excluding tert-OH is 2. The molecule has 12 nitrogen and oxygen atoms in total. The Kier molecular flexibility index (Phi) is 7.94. The molecule has 34 heavy (non-hydrogen) atoms. The fraction of sp³-hybridized carbons (Fsp3) is 0.500. The van der Waals surface area contributed by atoms with Gasteiger partial charge in [-0.3, -0.25) is 14.4 Å². The van der Waals surface area contributed by atoms with E-state index in [2.05, 4.69) is 0 Å². The van der Waals surface area contributed by atoms with Gasteiger partial charge in [0, 0.05) is 12.8 Å². The largest absolute Gasteiger partial charge is 0.481 e. The summed E-state index contributed by atoms with van der Waals surface area (Å²) in [6, 6.07) is -0.876. The van der Waals surface area contributed by atoms with Gasteiger partial charge in [-0.15, -0.1) is 0 Å². The van der Waals surface area contributed by atoms with Gasteiger partial charge in [0.1, 0.15) is 11.6 Å². The molecule has 1 aliphatic rings. The normalized spacial score (nSPS) is 26.5. The maximum absolute atomic E-state index is 12.9. The van der Waals surface area contributed by atoms with Gasteiger partial charge in [0.15, 0.2) is 0 Å². The number of benzene rings is 1. The zero-order chi connectivity index (χ0) is 26.1. The first kappa shape index (κ1) is 27.5. The Morgan fingerprint density at radius 1 is 1.21 bits per heavy atom. The third kappa shape index (κ3) is 6.41. The molecule has 2 amide bonds. The molecule has 1 aliphatic carbocycles. The lowest BCUT2D eigenvalue weighted by Crippen LogP contribution is -2.64. The smallest absolute Gasteiger partial charge is 0.416 e. The molecule has 8 N–H and O–H groups in total. The summed E-state index contributed by atoms with van der Waals surface area (Å²) in [5, 5.41) is 41.7. The van der Waals surface area contributed by atoms with Crippen LogP contribution in [0.2, 0.25) is 0 Å². The lowest BCUT2D eigenvalue weighted by atomic mass is 9.78. The maximum atomic E-state index is 12.9. The fourth-order valence-corrected chi connectivity index (χ4v) is 4.69. The van der Waals surface area contributed by atoms with Crippen LogP contribution >= 0.6 is 0 Å². The Hall–Kier alpha value is -2.79. The Balaban J connectivity index is 2.28. The molecule has 0 unspecified atom stereocenters. The molecular weight excluding hydrogens is 491 g/mol. The number of carbonyl (C=O) groups is 3. The van der Waals surface area contributed by atoms with Crippen molar-refractivity contribution in [3.8, 4) is 0 Å². The van der Waals surface area contributed by atoms with E-state index in [-0.39, 0.29) is 0 Å². The average Bonchev–Trinajstić information content (AvgIpc) is 2.70. The lowest BCUT2D eigenvalue weighted by Gasteiger charge is -2.41. The number of nitrogens with two attached hydrogens (primary N) is 1. The van der Waals surface area contributed by atoms with Crippen molar-refractivity contribution in [1.29, 1.82) is 0 Å². The quantitative estimate of drug-likeness (QED) is 0.205. The van der Waals surface area contributed by atoms with Crippen LogP contribution in [0, 0.1) is 0 Å². The van der Waals surface area contributed by atoms with Crippen LogP contribution in [-0.2, 0) is 30.6 Å². The summed E-state index contributed by atoms with van der Waals surface area (Å²) in [5.41, 5.74) is 1.14. The first-order chi connectivity index (χ1) is 15.5. The average molecular weight is 513 g/mol. The predicted molar refractivity (Wildman–Crippen MR) is 105 cm³/mol. The number of primary amides is 1. The van der Waals surface area contributed by atoms with Crippen molar-refractivity contribution in [2.45, 2.75) is 60.2 Å². The molecular formula is C18H22F3N3O9S. The predicted octanol–water partition coefficient (Wildman–Crippen LogP) is -1.96. The zero-order valence-electron chi connectivity index (χ0n) is 17.2. The third-order valence-electron chi connectivity index (χ3n) is 5.14. The van der Waals surface area contributed by atoms with Gasteiger partial charge in [0.25, 0.3) is 5.91 Å². The second-order valence-corrected chi connectivity index (χ2v) is 9.49. The van der Waals surface area contributed by atoms with E-state index >= 15 is 0 Å². The Morgan fingerprint density at radius 2 is 1.82 bits per heavy atom. The second kappa shape index (κ2) is 9.83. The van der Waals surface area contributed by atoms with Crippen molar-refractivity contribution in [3.05, 3.63) is 29.8 Å². The standard InChI is InChI=1S/C18H22F3N3O9S/c19-18(20,21)8-2-1-3-9(4-8)34(32,33)24-11-6-17(31,7-12(25)14(11)28)16(30)23-10(15(22)29)5-13(26)27/h1-4,10-12,14,24-25,28,31H,5-7H2,(H2,22,29)(H,23,30)(H,26,27)/t10-,11-,12-,14-,17+/m1/s1. The molecule has 1 aromatic rings. The minimum absolute atomic E-state index is 0.330. The Bertz CT molecular complexity index is 1070. The second-order valence-electron chi connectivity index (χ2n) is 7.78. The topological polar surface area (TPSA) is 216 Å². The van der Waals surface area contributed by atoms with Crippen molar-refractivity contribution >= 4 is 27.8 Å². The number of halogens is 3. The summed E-state index contributed by atoms with van der Waals surface area (Å²) in [5.74, 6) is -4.15. The van der Waals surface area contributed by atoms with Crippen LogP contribution in [0.5, 0.6) is 0 Å². The van der Waals surface area contributed by atoms with Crippen molar-refractivity contribution in [3.63, 3.8) is 0 Å². The highest BCUT2D eigenvalue weighted by molar-refractivity contribution is 7.89. The van der Waals surface area contributed by atoms with E-state index in [9.17, 15) is 51.3 Å². The van der Waals surface area contributed by atoms with Gasteiger partial charge in [0.05, 0.1) is 35.1 Å². The van der Waals surface area contributed by atoms with Gasteiger partial charge in [-0.25, -0.2) is 13.1 Å². The number of rotatable bonds is 8. The van der Waals surface area contributed by atoms with Gasteiger partial charge in [-0.1, -0.05) is 6.07 Å². The molecule has 5 atom stereocenters. The summed E-state index contributed by atoms with van der Waals surface area (Å²) in [6.07, 6.45) is -11.3. The number of hydrogen-bond donors (Lipinski definition) is 7. The SMILES string of the molecule is NC(=O)[C@@H](CC(=O)O)NC(=O)[C@@]1(O)C[C@@H](O)[C@H](O)[C@H](NS(=O)(=O)c2cccc(C(F)(F)F)c2)C1. The highest BCUT2D eigenvalue weighted by Gasteiger charge is 2.50. The van der Waals surface area contributed by atoms with Gasteiger partial charge < -0.3 is 31.5 Å². The Labute approximate surface area is 190 Å². The van der Waals surface area contributed by atoms with E-state index in [0.29, 0.717) is 12.1 Å². The number of nitrogens with one attached hydrogen (secondary N) is 2. The van der Waals surface area contributed by atoms with Crippen LogP contribution in [0.25, 0.3) is 0 Å². The van der Waals surface area contributed by atoms with E-state index in [1.165, 1.54) is 0 Å². The highest BCUT2D eigenvalue weighted by atomic mass is 32.2. The molecule has 2 rings (SSSR count). The number of aliphatic carboxylic acids is 1.